The maximum atomic E-state index is 11.5. The molecular formula is C14H23N3O2. The van der Waals surface area contributed by atoms with Crippen molar-refractivity contribution in [2.45, 2.75) is 20.8 Å². The fourth-order valence-electron chi connectivity index (χ4n) is 1.80. The SMILES string of the molecule is CCN(CC(C)(C)CN)c1ccnc(C(=O)OC)c1. The highest BCUT2D eigenvalue weighted by Crippen LogP contribution is 2.21. The molecule has 1 aromatic rings. The molecule has 106 valence electrons. The first-order chi connectivity index (χ1) is 8.93. The van der Waals surface area contributed by atoms with Crippen LogP contribution in [0.5, 0.6) is 0 Å². The first kappa shape index (κ1) is 15.4. The van der Waals surface area contributed by atoms with Crippen molar-refractivity contribution in [2.75, 3.05) is 31.6 Å². The molecule has 0 aromatic carbocycles. The topological polar surface area (TPSA) is 68.5 Å². The number of pyridine rings is 1. The quantitative estimate of drug-likeness (QED) is 0.793. The third kappa shape index (κ3) is 4.21. The lowest BCUT2D eigenvalue weighted by atomic mass is 9.93. The Morgan fingerprint density at radius 3 is 2.74 bits per heavy atom. The van der Waals surface area contributed by atoms with E-state index < -0.39 is 5.97 Å². The van der Waals surface area contributed by atoms with Gasteiger partial charge in [-0.15, -0.1) is 0 Å². The fraction of sp³-hybridized carbons (Fsp3) is 0.571. The molecule has 0 aliphatic rings. The van der Waals surface area contributed by atoms with Crippen molar-refractivity contribution in [3.63, 3.8) is 0 Å². The van der Waals surface area contributed by atoms with Crippen molar-refractivity contribution in [2.24, 2.45) is 11.1 Å². The van der Waals surface area contributed by atoms with E-state index in [0.717, 1.165) is 18.8 Å². The Labute approximate surface area is 114 Å². The van der Waals surface area contributed by atoms with Crippen molar-refractivity contribution in [1.29, 1.82) is 0 Å². The number of hydrogen-bond acceptors (Lipinski definition) is 5. The summed E-state index contributed by atoms with van der Waals surface area (Å²) in [6, 6.07) is 3.64. The maximum Gasteiger partial charge on any atom is 0.356 e. The minimum absolute atomic E-state index is 0.0186. The van der Waals surface area contributed by atoms with E-state index in [2.05, 4.69) is 35.4 Å². The normalized spacial score (nSPS) is 11.2. The number of ether oxygens (including phenoxy) is 1. The van der Waals surface area contributed by atoms with Crippen molar-refractivity contribution < 1.29 is 9.53 Å². The molecule has 0 fully saturated rings. The molecule has 0 amide bonds. The molecule has 0 aliphatic carbocycles. The van der Waals surface area contributed by atoms with Gasteiger partial charge in [-0.05, 0) is 31.0 Å². The van der Waals surface area contributed by atoms with Gasteiger partial charge >= 0.3 is 5.97 Å². The molecular weight excluding hydrogens is 242 g/mol. The van der Waals surface area contributed by atoms with Gasteiger partial charge < -0.3 is 15.4 Å². The lowest BCUT2D eigenvalue weighted by molar-refractivity contribution is 0.0594. The number of rotatable bonds is 6. The molecule has 0 aliphatic heterocycles. The average molecular weight is 265 g/mol. The van der Waals surface area contributed by atoms with Crippen molar-refractivity contribution in [3.05, 3.63) is 24.0 Å². The Kier molecular flexibility index (Phi) is 5.30. The molecule has 0 bridgehead atoms. The second-order valence-corrected chi connectivity index (χ2v) is 5.27. The van der Waals surface area contributed by atoms with Crippen LogP contribution in [-0.4, -0.2) is 37.7 Å². The van der Waals surface area contributed by atoms with Crippen LogP contribution in [-0.2, 0) is 4.74 Å². The Balaban J connectivity index is 2.96. The van der Waals surface area contributed by atoms with Crippen LogP contribution in [0.25, 0.3) is 0 Å². The van der Waals surface area contributed by atoms with Gasteiger partial charge in [-0.25, -0.2) is 9.78 Å². The maximum absolute atomic E-state index is 11.5. The van der Waals surface area contributed by atoms with E-state index in [-0.39, 0.29) is 5.41 Å². The average Bonchev–Trinajstić information content (AvgIpc) is 2.44. The van der Waals surface area contributed by atoms with Crippen molar-refractivity contribution in [1.82, 2.24) is 4.98 Å². The zero-order valence-corrected chi connectivity index (χ0v) is 12.1. The van der Waals surface area contributed by atoms with E-state index in [9.17, 15) is 4.79 Å². The smallest absolute Gasteiger partial charge is 0.356 e. The van der Waals surface area contributed by atoms with Gasteiger partial charge in [0.2, 0.25) is 0 Å². The highest BCUT2D eigenvalue weighted by molar-refractivity contribution is 5.88. The summed E-state index contributed by atoms with van der Waals surface area (Å²) in [6.45, 7) is 8.60. The van der Waals surface area contributed by atoms with E-state index in [4.69, 9.17) is 5.73 Å². The predicted molar refractivity (Wildman–Crippen MR) is 76.3 cm³/mol. The number of carbonyl (C=O) groups excluding carboxylic acids is 1. The monoisotopic (exact) mass is 265 g/mol. The van der Waals surface area contributed by atoms with Crippen LogP contribution in [0.4, 0.5) is 5.69 Å². The molecule has 5 nitrogen and oxygen atoms in total. The number of esters is 1. The molecule has 0 atom stereocenters. The molecule has 0 saturated carbocycles. The summed E-state index contributed by atoms with van der Waals surface area (Å²) >= 11 is 0. The third-order valence-electron chi connectivity index (χ3n) is 3.06. The van der Waals surface area contributed by atoms with E-state index in [1.165, 1.54) is 7.11 Å². The predicted octanol–water partition coefficient (Wildman–Crippen LogP) is 1.68. The van der Waals surface area contributed by atoms with Gasteiger partial charge in [-0.2, -0.15) is 0 Å². The minimum Gasteiger partial charge on any atom is -0.464 e. The van der Waals surface area contributed by atoms with Gasteiger partial charge in [0, 0.05) is 25.0 Å². The van der Waals surface area contributed by atoms with Gasteiger partial charge in [0.05, 0.1) is 7.11 Å². The van der Waals surface area contributed by atoms with Gasteiger partial charge in [0.1, 0.15) is 5.69 Å². The molecule has 1 rings (SSSR count). The van der Waals surface area contributed by atoms with Crippen LogP contribution in [0.3, 0.4) is 0 Å². The number of aromatic nitrogens is 1. The lowest BCUT2D eigenvalue weighted by Crippen LogP contribution is -2.38. The van der Waals surface area contributed by atoms with Crippen LogP contribution >= 0.6 is 0 Å². The molecule has 0 radical (unpaired) electrons. The molecule has 0 unspecified atom stereocenters. The molecule has 2 N–H and O–H groups in total. The highest BCUT2D eigenvalue weighted by atomic mass is 16.5. The molecule has 1 aromatic heterocycles. The molecule has 0 saturated heterocycles. The summed E-state index contributed by atoms with van der Waals surface area (Å²) < 4.78 is 4.69. The number of nitrogens with zero attached hydrogens (tertiary/aromatic N) is 2. The zero-order valence-electron chi connectivity index (χ0n) is 12.1. The van der Waals surface area contributed by atoms with Crippen molar-refractivity contribution in [3.8, 4) is 0 Å². The summed E-state index contributed by atoms with van der Waals surface area (Å²) in [5, 5.41) is 0. The molecule has 19 heavy (non-hydrogen) atoms. The lowest BCUT2D eigenvalue weighted by Gasteiger charge is -2.32. The highest BCUT2D eigenvalue weighted by Gasteiger charge is 2.20. The van der Waals surface area contributed by atoms with Gasteiger partial charge in [0.15, 0.2) is 0 Å². The van der Waals surface area contributed by atoms with Gasteiger partial charge in [-0.3, -0.25) is 0 Å². The summed E-state index contributed by atoms with van der Waals surface area (Å²) in [4.78, 5) is 17.7. The van der Waals surface area contributed by atoms with Crippen LogP contribution in [0.1, 0.15) is 31.3 Å². The minimum atomic E-state index is -0.420. The number of hydrogen-bond donors (Lipinski definition) is 1. The largest absolute Gasteiger partial charge is 0.464 e. The van der Waals surface area contributed by atoms with Crippen LogP contribution < -0.4 is 10.6 Å². The van der Waals surface area contributed by atoms with Crippen molar-refractivity contribution >= 4 is 11.7 Å². The third-order valence-corrected chi connectivity index (χ3v) is 3.06. The van der Waals surface area contributed by atoms with Crippen LogP contribution in [0.15, 0.2) is 18.3 Å². The molecule has 5 heteroatoms. The second-order valence-electron chi connectivity index (χ2n) is 5.27. The Morgan fingerprint density at radius 2 is 2.21 bits per heavy atom. The number of nitrogens with two attached hydrogens (primary N) is 1. The fourth-order valence-corrected chi connectivity index (χ4v) is 1.80. The summed E-state index contributed by atoms with van der Waals surface area (Å²) in [5.41, 5.74) is 7.07. The van der Waals surface area contributed by atoms with Crippen LogP contribution in [0, 0.1) is 5.41 Å². The van der Waals surface area contributed by atoms with Gasteiger partial charge in [0.25, 0.3) is 0 Å². The number of carbonyl (C=O) groups is 1. The molecule has 1 heterocycles. The van der Waals surface area contributed by atoms with E-state index in [1.807, 2.05) is 6.07 Å². The first-order valence-corrected chi connectivity index (χ1v) is 6.43. The summed E-state index contributed by atoms with van der Waals surface area (Å²) in [7, 11) is 1.35. The Hall–Kier alpha value is -1.62. The standard InChI is InChI=1S/C14H23N3O2/c1-5-17(10-14(2,3)9-15)11-6-7-16-12(8-11)13(18)19-4/h6-8H,5,9-10,15H2,1-4H3. The first-order valence-electron chi connectivity index (χ1n) is 6.43. The Bertz CT molecular complexity index is 432. The summed E-state index contributed by atoms with van der Waals surface area (Å²) in [6.07, 6.45) is 1.62. The van der Waals surface area contributed by atoms with E-state index in [0.29, 0.717) is 12.2 Å². The summed E-state index contributed by atoms with van der Waals surface area (Å²) in [5.74, 6) is -0.420. The Morgan fingerprint density at radius 1 is 1.53 bits per heavy atom. The van der Waals surface area contributed by atoms with Crippen LogP contribution in [0.2, 0.25) is 0 Å². The number of anilines is 1. The second kappa shape index (κ2) is 6.52. The zero-order chi connectivity index (χ0) is 14.5. The van der Waals surface area contributed by atoms with Gasteiger partial charge in [-0.1, -0.05) is 13.8 Å². The van der Waals surface area contributed by atoms with E-state index >= 15 is 0 Å². The number of methoxy groups -OCH3 is 1. The van der Waals surface area contributed by atoms with E-state index in [1.54, 1.807) is 12.3 Å². The molecule has 0 spiro atoms.